The van der Waals surface area contributed by atoms with Crippen molar-refractivity contribution in [2.24, 2.45) is 0 Å². The number of carbonyl (C=O) groups excluding carboxylic acids is 1. The molecule has 1 aromatic carbocycles. The summed E-state index contributed by atoms with van der Waals surface area (Å²) in [6.45, 7) is 5.34. The Bertz CT molecular complexity index is 1080. The van der Waals surface area contributed by atoms with Gasteiger partial charge in [0.05, 0.1) is 5.69 Å². The molecule has 0 radical (unpaired) electrons. The van der Waals surface area contributed by atoms with Gasteiger partial charge < -0.3 is 4.90 Å². The highest BCUT2D eigenvalue weighted by molar-refractivity contribution is 7.15. The molecule has 0 unspecified atom stereocenters. The van der Waals surface area contributed by atoms with Crippen LogP contribution >= 0.6 is 11.3 Å². The van der Waals surface area contributed by atoms with Crippen molar-refractivity contribution in [3.63, 3.8) is 0 Å². The van der Waals surface area contributed by atoms with Gasteiger partial charge in [-0.05, 0) is 36.6 Å². The Morgan fingerprint density at radius 3 is 2.50 bits per heavy atom. The number of amides is 1. The van der Waals surface area contributed by atoms with E-state index in [1.54, 1.807) is 12.4 Å². The summed E-state index contributed by atoms with van der Waals surface area (Å²) in [5, 5.41) is 1.89. The molecule has 3 heterocycles. The number of aryl methyl sites for hydroxylation is 1. The average Bonchev–Trinajstić information content (AvgIpc) is 3.33. The third kappa shape index (κ3) is 3.55. The number of hydrogen-bond acceptors (Lipinski definition) is 4. The summed E-state index contributed by atoms with van der Waals surface area (Å²) in [6.07, 6.45) is 6.48. The second-order valence-electron chi connectivity index (χ2n) is 6.62. The minimum absolute atomic E-state index is 0.0100. The summed E-state index contributed by atoms with van der Waals surface area (Å²) in [6, 6.07) is 12.3. The highest BCUT2D eigenvalue weighted by Gasteiger charge is 2.20. The number of imidazole rings is 1. The molecular formula is C22H22N4OS. The van der Waals surface area contributed by atoms with E-state index in [1.807, 2.05) is 39.9 Å². The molecule has 0 aliphatic heterocycles. The van der Waals surface area contributed by atoms with E-state index in [0.717, 1.165) is 28.2 Å². The van der Waals surface area contributed by atoms with Crippen LogP contribution in [-0.4, -0.2) is 31.7 Å². The lowest BCUT2D eigenvalue weighted by Gasteiger charge is -2.20. The Morgan fingerprint density at radius 1 is 1.07 bits per heavy atom. The third-order valence-electron chi connectivity index (χ3n) is 4.88. The lowest BCUT2D eigenvalue weighted by molar-refractivity contribution is 0.0746. The number of pyridine rings is 1. The fourth-order valence-electron chi connectivity index (χ4n) is 3.19. The van der Waals surface area contributed by atoms with Gasteiger partial charge in [-0.25, -0.2) is 4.98 Å². The van der Waals surface area contributed by atoms with E-state index in [-0.39, 0.29) is 5.91 Å². The van der Waals surface area contributed by atoms with Crippen molar-refractivity contribution in [2.45, 2.75) is 26.8 Å². The molecule has 28 heavy (non-hydrogen) atoms. The maximum absolute atomic E-state index is 13.2. The molecule has 4 rings (SSSR count). The Labute approximate surface area is 168 Å². The Morgan fingerprint density at radius 2 is 1.82 bits per heavy atom. The molecule has 0 N–H and O–H groups in total. The molecule has 4 aromatic rings. The Kier molecular flexibility index (Phi) is 5.21. The third-order valence-corrected chi connectivity index (χ3v) is 5.72. The summed E-state index contributed by atoms with van der Waals surface area (Å²) in [5.41, 5.74) is 4.98. The number of benzene rings is 1. The first-order valence-corrected chi connectivity index (χ1v) is 10.3. The molecule has 0 aliphatic carbocycles. The number of thiazole rings is 1. The first-order valence-electron chi connectivity index (χ1n) is 9.43. The van der Waals surface area contributed by atoms with Gasteiger partial charge in [0.1, 0.15) is 5.69 Å². The fraction of sp³-hybridized carbons (Fsp3) is 0.227. The van der Waals surface area contributed by atoms with Gasteiger partial charge in [0.2, 0.25) is 0 Å². The van der Waals surface area contributed by atoms with Crippen LogP contribution in [0, 0.1) is 0 Å². The first kappa shape index (κ1) is 18.4. The molecule has 0 saturated heterocycles. The van der Waals surface area contributed by atoms with Gasteiger partial charge in [0, 0.05) is 42.6 Å². The zero-order valence-electron chi connectivity index (χ0n) is 16.0. The van der Waals surface area contributed by atoms with E-state index < -0.39 is 0 Å². The smallest absolute Gasteiger partial charge is 0.272 e. The largest absolute Gasteiger partial charge is 0.333 e. The number of aromatic nitrogens is 3. The number of rotatable bonds is 6. The summed E-state index contributed by atoms with van der Waals surface area (Å²) < 4.78 is 1.91. The minimum Gasteiger partial charge on any atom is -0.333 e. The Balaban J connectivity index is 1.62. The maximum atomic E-state index is 13.2. The molecule has 0 spiro atoms. The quantitative estimate of drug-likeness (QED) is 0.480. The summed E-state index contributed by atoms with van der Waals surface area (Å²) in [4.78, 5) is 24.6. The van der Waals surface area contributed by atoms with Crippen molar-refractivity contribution in [2.75, 3.05) is 6.54 Å². The van der Waals surface area contributed by atoms with Crippen molar-refractivity contribution >= 4 is 22.2 Å². The number of hydrogen-bond donors (Lipinski definition) is 0. The number of fused-ring (bicyclic) bond motifs is 1. The zero-order valence-corrected chi connectivity index (χ0v) is 16.8. The first-order chi connectivity index (χ1) is 13.7. The van der Waals surface area contributed by atoms with E-state index in [4.69, 9.17) is 4.98 Å². The molecule has 0 aliphatic rings. The fourth-order valence-corrected chi connectivity index (χ4v) is 4.03. The highest BCUT2D eigenvalue weighted by atomic mass is 32.1. The number of carbonyl (C=O) groups is 1. The lowest BCUT2D eigenvalue weighted by Crippen LogP contribution is -2.31. The predicted molar refractivity (Wildman–Crippen MR) is 113 cm³/mol. The Hall–Kier alpha value is -2.99. The SMILES string of the molecule is CCc1ccc(-c2cn3c(C(=O)N(CC)Cc4ccncc4)csc3n2)cc1. The summed E-state index contributed by atoms with van der Waals surface area (Å²) in [5.74, 6) is 0.0100. The van der Waals surface area contributed by atoms with Crippen LogP contribution in [0.3, 0.4) is 0 Å². The molecule has 0 bridgehead atoms. The van der Waals surface area contributed by atoms with Gasteiger partial charge in [-0.3, -0.25) is 14.2 Å². The van der Waals surface area contributed by atoms with Gasteiger partial charge in [0.15, 0.2) is 4.96 Å². The lowest BCUT2D eigenvalue weighted by atomic mass is 10.1. The van der Waals surface area contributed by atoms with E-state index in [2.05, 4.69) is 36.2 Å². The van der Waals surface area contributed by atoms with Crippen LogP contribution in [-0.2, 0) is 13.0 Å². The van der Waals surface area contributed by atoms with E-state index in [0.29, 0.717) is 18.8 Å². The van der Waals surface area contributed by atoms with Crippen LogP contribution in [0.25, 0.3) is 16.2 Å². The normalized spacial score (nSPS) is 11.1. The van der Waals surface area contributed by atoms with Gasteiger partial charge in [-0.1, -0.05) is 31.2 Å². The van der Waals surface area contributed by atoms with Crippen molar-refractivity contribution in [3.8, 4) is 11.3 Å². The second-order valence-corrected chi connectivity index (χ2v) is 7.46. The molecule has 142 valence electrons. The topological polar surface area (TPSA) is 50.5 Å². The summed E-state index contributed by atoms with van der Waals surface area (Å²) >= 11 is 1.49. The molecule has 1 amide bonds. The van der Waals surface area contributed by atoms with Gasteiger partial charge >= 0.3 is 0 Å². The van der Waals surface area contributed by atoms with Gasteiger partial charge in [-0.2, -0.15) is 0 Å². The van der Waals surface area contributed by atoms with Crippen LogP contribution in [0.4, 0.5) is 0 Å². The molecule has 0 atom stereocenters. The number of nitrogens with zero attached hydrogens (tertiary/aromatic N) is 4. The zero-order chi connectivity index (χ0) is 19.5. The highest BCUT2D eigenvalue weighted by Crippen LogP contribution is 2.25. The summed E-state index contributed by atoms with van der Waals surface area (Å²) in [7, 11) is 0. The van der Waals surface area contributed by atoms with Crippen molar-refractivity contribution < 1.29 is 4.79 Å². The van der Waals surface area contributed by atoms with Crippen LogP contribution in [0.1, 0.15) is 35.5 Å². The van der Waals surface area contributed by atoms with Crippen LogP contribution in [0.15, 0.2) is 60.4 Å². The van der Waals surface area contributed by atoms with Crippen LogP contribution < -0.4 is 0 Å². The van der Waals surface area contributed by atoms with Crippen molar-refractivity contribution in [3.05, 3.63) is 77.2 Å². The van der Waals surface area contributed by atoms with E-state index in [9.17, 15) is 4.79 Å². The van der Waals surface area contributed by atoms with Crippen molar-refractivity contribution in [1.29, 1.82) is 0 Å². The van der Waals surface area contributed by atoms with Crippen molar-refractivity contribution in [1.82, 2.24) is 19.3 Å². The molecule has 5 nitrogen and oxygen atoms in total. The maximum Gasteiger partial charge on any atom is 0.272 e. The van der Waals surface area contributed by atoms with Gasteiger partial charge in [-0.15, -0.1) is 11.3 Å². The second kappa shape index (κ2) is 7.94. The molecular weight excluding hydrogens is 368 g/mol. The predicted octanol–water partition coefficient (Wildman–Crippen LogP) is 4.68. The van der Waals surface area contributed by atoms with E-state index >= 15 is 0 Å². The molecule has 6 heteroatoms. The molecule has 0 saturated carbocycles. The standard InChI is InChI=1S/C22H22N4OS/c1-3-16-5-7-18(8-6-16)19-14-26-20(15-28-22(26)24-19)21(27)25(4-2)13-17-9-11-23-12-10-17/h5-12,14-15H,3-4,13H2,1-2H3. The molecule has 0 fully saturated rings. The minimum atomic E-state index is 0.0100. The van der Waals surface area contributed by atoms with Crippen LogP contribution in [0.2, 0.25) is 0 Å². The monoisotopic (exact) mass is 390 g/mol. The average molecular weight is 391 g/mol. The van der Waals surface area contributed by atoms with Crippen LogP contribution in [0.5, 0.6) is 0 Å². The molecule has 3 aromatic heterocycles. The van der Waals surface area contributed by atoms with Gasteiger partial charge in [0.25, 0.3) is 5.91 Å². The van der Waals surface area contributed by atoms with E-state index in [1.165, 1.54) is 16.9 Å².